The number of esters is 1. The first-order valence-electron chi connectivity index (χ1n) is 7.63. The van der Waals surface area contributed by atoms with Gasteiger partial charge in [-0.25, -0.2) is 4.79 Å². The highest BCUT2D eigenvalue weighted by Gasteiger charge is 2.21. The van der Waals surface area contributed by atoms with Gasteiger partial charge in [-0.3, -0.25) is 14.4 Å². The molecule has 1 atom stereocenters. The van der Waals surface area contributed by atoms with Gasteiger partial charge in [0, 0.05) is 30.9 Å². The number of ether oxygens (including phenoxy) is 2. The number of methoxy groups -OCH3 is 1. The second-order valence-corrected chi connectivity index (χ2v) is 5.46. The summed E-state index contributed by atoms with van der Waals surface area (Å²) in [5, 5.41) is 2.95. The molecule has 1 aromatic carbocycles. The molecule has 2 rings (SSSR count). The zero-order chi connectivity index (χ0) is 19.3. The Hall–Kier alpha value is -3.36. The minimum atomic E-state index is -1.09. The Balaban J connectivity index is 2.28. The highest BCUT2D eigenvalue weighted by molar-refractivity contribution is 5.89. The summed E-state index contributed by atoms with van der Waals surface area (Å²) in [6, 6.07) is 5.02. The fraction of sp³-hybridized carbons (Fsp3) is 0.294. The molecule has 0 aliphatic heterocycles. The summed E-state index contributed by atoms with van der Waals surface area (Å²) in [7, 11) is 1.48. The summed E-state index contributed by atoms with van der Waals surface area (Å²) in [5.74, 6) is -1.61. The summed E-state index contributed by atoms with van der Waals surface area (Å²) in [6.07, 6.45) is -0.0322. The monoisotopic (exact) mass is 362 g/mol. The quantitative estimate of drug-likeness (QED) is 0.517. The Labute approximate surface area is 148 Å². The molecule has 0 bridgehead atoms. The van der Waals surface area contributed by atoms with Crippen molar-refractivity contribution in [3.05, 3.63) is 40.2 Å². The molecular formula is C17H18N2O7. The van der Waals surface area contributed by atoms with Gasteiger partial charge in [0.1, 0.15) is 17.4 Å². The lowest BCUT2D eigenvalue weighted by atomic mass is 10.0. The Bertz CT molecular complexity index is 904. The molecule has 0 aliphatic rings. The van der Waals surface area contributed by atoms with Crippen molar-refractivity contribution in [1.82, 2.24) is 5.32 Å². The molecule has 9 heteroatoms. The van der Waals surface area contributed by atoms with Gasteiger partial charge in [-0.1, -0.05) is 0 Å². The van der Waals surface area contributed by atoms with Crippen molar-refractivity contribution in [3.63, 3.8) is 0 Å². The van der Waals surface area contributed by atoms with Crippen LogP contribution in [0.2, 0.25) is 0 Å². The first kappa shape index (κ1) is 19.0. The first-order chi connectivity index (χ1) is 12.3. The lowest BCUT2D eigenvalue weighted by Crippen LogP contribution is -2.47. The predicted molar refractivity (Wildman–Crippen MR) is 90.5 cm³/mol. The molecule has 2 aromatic rings. The van der Waals surface area contributed by atoms with Gasteiger partial charge in [-0.05, 0) is 17.7 Å². The van der Waals surface area contributed by atoms with Gasteiger partial charge in [-0.2, -0.15) is 0 Å². The van der Waals surface area contributed by atoms with E-state index in [-0.39, 0.29) is 12.0 Å². The first-order valence-corrected chi connectivity index (χ1v) is 7.63. The van der Waals surface area contributed by atoms with Crippen molar-refractivity contribution in [2.75, 3.05) is 13.7 Å². The normalized spacial score (nSPS) is 11.6. The maximum Gasteiger partial charge on any atom is 0.336 e. The van der Waals surface area contributed by atoms with E-state index in [4.69, 9.17) is 14.9 Å². The molecule has 0 spiro atoms. The average molecular weight is 362 g/mol. The van der Waals surface area contributed by atoms with E-state index in [1.165, 1.54) is 13.2 Å². The number of hydrogen-bond donors (Lipinski definition) is 2. The van der Waals surface area contributed by atoms with E-state index < -0.39 is 36.1 Å². The summed E-state index contributed by atoms with van der Waals surface area (Å²) in [5.41, 5.74) is 5.47. The molecule has 26 heavy (non-hydrogen) atoms. The summed E-state index contributed by atoms with van der Waals surface area (Å²) in [4.78, 5) is 46.0. The largest absolute Gasteiger partial charge is 0.497 e. The van der Waals surface area contributed by atoms with E-state index in [9.17, 15) is 19.2 Å². The average Bonchev–Trinajstić information content (AvgIpc) is 2.58. The molecule has 0 unspecified atom stereocenters. The Kier molecular flexibility index (Phi) is 5.94. The SMILES string of the molecule is COc1ccc2c(C[C@@H](NC(=O)COC(C)=O)C(N)=O)cc(=O)oc2c1. The zero-order valence-electron chi connectivity index (χ0n) is 14.2. The van der Waals surface area contributed by atoms with Gasteiger partial charge in [0.05, 0.1) is 7.11 Å². The third-order valence-corrected chi connectivity index (χ3v) is 3.55. The van der Waals surface area contributed by atoms with Crippen LogP contribution in [-0.4, -0.2) is 37.5 Å². The number of amides is 2. The van der Waals surface area contributed by atoms with Crippen LogP contribution in [0.25, 0.3) is 11.0 Å². The smallest absolute Gasteiger partial charge is 0.336 e. The minimum Gasteiger partial charge on any atom is -0.497 e. The highest BCUT2D eigenvalue weighted by Crippen LogP contribution is 2.23. The summed E-state index contributed by atoms with van der Waals surface area (Å²) >= 11 is 0. The topological polar surface area (TPSA) is 138 Å². The third kappa shape index (κ3) is 4.82. The molecule has 1 heterocycles. The maximum absolute atomic E-state index is 11.8. The molecule has 2 amide bonds. The standard InChI is InChI=1S/C17H18N2O7/c1-9(20)25-8-15(21)19-13(17(18)23)5-10-6-16(22)26-14-7-11(24-2)3-4-12(10)14/h3-4,6-7,13H,5,8H2,1-2H3,(H2,18,23)(H,19,21)/t13-/m1/s1. The second-order valence-electron chi connectivity index (χ2n) is 5.46. The maximum atomic E-state index is 11.8. The van der Waals surface area contributed by atoms with Crippen LogP contribution in [0.3, 0.4) is 0 Å². The minimum absolute atomic E-state index is 0.0322. The lowest BCUT2D eigenvalue weighted by Gasteiger charge is -2.16. The summed E-state index contributed by atoms with van der Waals surface area (Å²) in [6.45, 7) is 0.622. The second kappa shape index (κ2) is 8.15. The van der Waals surface area contributed by atoms with Crippen LogP contribution < -0.4 is 21.4 Å². The number of benzene rings is 1. The van der Waals surface area contributed by atoms with E-state index in [1.807, 2.05) is 0 Å². The Morgan fingerprint density at radius 2 is 2.00 bits per heavy atom. The molecule has 0 saturated heterocycles. The number of carbonyl (C=O) groups is 3. The molecule has 0 radical (unpaired) electrons. The molecule has 138 valence electrons. The molecule has 3 N–H and O–H groups in total. The van der Waals surface area contributed by atoms with Crippen molar-refractivity contribution in [3.8, 4) is 5.75 Å². The van der Waals surface area contributed by atoms with Gasteiger partial charge in [0.25, 0.3) is 5.91 Å². The third-order valence-electron chi connectivity index (χ3n) is 3.55. The molecule has 0 aliphatic carbocycles. The van der Waals surface area contributed by atoms with Gasteiger partial charge in [0.2, 0.25) is 5.91 Å². The van der Waals surface area contributed by atoms with Gasteiger partial charge >= 0.3 is 11.6 Å². The van der Waals surface area contributed by atoms with Crippen LogP contribution in [-0.2, 0) is 25.5 Å². The molecule has 9 nitrogen and oxygen atoms in total. The number of rotatable bonds is 7. The van der Waals surface area contributed by atoms with E-state index >= 15 is 0 Å². The van der Waals surface area contributed by atoms with Crippen molar-refractivity contribution in [2.24, 2.45) is 5.73 Å². The van der Waals surface area contributed by atoms with Crippen molar-refractivity contribution >= 4 is 28.8 Å². The Morgan fingerprint density at radius 1 is 1.27 bits per heavy atom. The number of hydrogen-bond acceptors (Lipinski definition) is 7. The number of carbonyl (C=O) groups excluding carboxylic acids is 3. The predicted octanol–water partition coefficient (Wildman–Crippen LogP) is -0.123. The van der Waals surface area contributed by atoms with Gasteiger partial charge in [0.15, 0.2) is 6.61 Å². The van der Waals surface area contributed by atoms with E-state index in [1.54, 1.807) is 18.2 Å². The van der Waals surface area contributed by atoms with Gasteiger partial charge < -0.3 is 24.9 Å². The van der Waals surface area contributed by atoms with Crippen molar-refractivity contribution in [2.45, 2.75) is 19.4 Å². The van der Waals surface area contributed by atoms with Crippen molar-refractivity contribution in [1.29, 1.82) is 0 Å². The lowest BCUT2D eigenvalue weighted by molar-refractivity contribution is -0.146. The molecular weight excluding hydrogens is 344 g/mol. The van der Waals surface area contributed by atoms with Crippen LogP contribution in [0.15, 0.2) is 33.5 Å². The molecule has 0 saturated carbocycles. The van der Waals surface area contributed by atoms with Crippen molar-refractivity contribution < 1.29 is 28.3 Å². The van der Waals surface area contributed by atoms with E-state index in [0.717, 1.165) is 6.92 Å². The van der Waals surface area contributed by atoms with Crippen LogP contribution in [0, 0.1) is 0 Å². The number of fused-ring (bicyclic) bond motifs is 1. The number of nitrogens with one attached hydrogen (secondary N) is 1. The van der Waals surface area contributed by atoms with E-state index in [0.29, 0.717) is 16.7 Å². The zero-order valence-corrected chi connectivity index (χ0v) is 14.2. The number of primary amides is 1. The van der Waals surface area contributed by atoms with E-state index in [2.05, 4.69) is 10.1 Å². The highest BCUT2D eigenvalue weighted by atomic mass is 16.5. The summed E-state index contributed by atoms with van der Waals surface area (Å²) < 4.78 is 14.8. The molecule has 0 fully saturated rings. The van der Waals surface area contributed by atoms with Crippen LogP contribution >= 0.6 is 0 Å². The molecule has 1 aromatic heterocycles. The van der Waals surface area contributed by atoms with Crippen LogP contribution in [0.5, 0.6) is 5.75 Å². The van der Waals surface area contributed by atoms with Crippen LogP contribution in [0.1, 0.15) is 12.5 Å². The number of nitrogens with two attached hydrogens (primary N) is 1. The Morgan fingerprint density at radius 3 is 2.62 bits per heavy atom. The van der Waals surface area contributed by atoms with Gasteiger partial charge in [-0.15, -0.1) is 0 Å². The fourth-order valence-corrected chi connectivity index (χ4v) is 2.35. The van der Waals surface area contributed by atoms with Crippen LogP contribution in [0.4, 0.5) is 0 Å². The fourth-order valence-electron chi connectivity index (χ4n) is 2.35.